The first-order valence-corrected chi connectivity index (χ1v) is 6.72. The van der Waals surface area contributed by atoms with Gasteiger partial charge in [0.15, 0.2) is 13.2 Å². The first kappa shape index (κ1) is 17.7. The van der Waals surface area contributed by atoms with Gasteiger partial charge in [-0.25, -0.2) is 0 Å². The minimum Gasteiger partial charge on any atom is -0.299 e. The molecule has 18 heavy (non-hydrogen) atoms. The molecule has 0 aliphatic heterocycles. The fourth-order valence-corrected chi connectivity index (χ4v) is 2.58. The van der Waals surface area contributed by atoms with E-state index < -0.39 is 39.3 Å². The fraction of sp³-hybridized carbons (Fsp3) is 1.00. The van der Waals surface area contributed by atoms with Gasteiger partial charge in [-0.1, -0.05) is 13.3 Å². The molecule has 0 saturated heterocycles. The van der Waals surface area contributed by atoms with Gasteiger partial charge in [-0.2, -0.15) is 26.3 Å². The zero-order valence-electron chi connectivity index (χ0n) is 9.48. The Morgan fingerprint density at radius 1 is 0.944 bits per heavy atom. The van der Waals surface area contributed by atoms with Crippen LogP contribution in [0.4, 0.5) is 26.3 Å². The van der Waals surface area contributed by atoms with E-state index in [2.05, 4.69) is 9.05 Å². The van der Waals surface area contributed by atoms with E-state index in [0.29, 0.717) is 6.42 Å². The quantitative estimate of drug-likeness (QED) is 0.524. The molecule has 0 fully saturated rings. The molecule has 0 atom stereocenters. The Balaban J connectivity index is 4.48. The normalized spacial score (nSPS) is 13.9. The second-order valence-electron chi connectivity index (χ2n) is 3.47. The lowest BCUT2D eigenvalue weighted by Crippen LogP contribution is -2.20. The first-order valence-electron chi connectivity index (χ1n) is 4.99. The zero-order valence-corrected chi connectivity index (χ0v) is 10.4. The van der Waals surface area contributed by atoms with E-state index in [1.807, 2.05) is 0 Å². The van der Waals surface area contributed by atoms with Crippen LogP contribution in [0.3, 0.4) is 0 Å². The van der Waals surface area contributed by atoms with Crippen molar-refractivity contribution in [3.63, 3.8) is 0 Å². The molecule has 0 radical (unpaired) electrons. The van der Waals surface area contributed by atoms with Crippen LogP contribution >= 0.6 is 7.60 Å². The van der Waals surface area contributed by atoms with Crippen LogP contribution in [0.1, 0.15) is 19.8 Å². The third-order valence-electron chi connectivity index (χ3n) is 1.64. The minimum atomic E-state index is -4.77. The Bertz CT molecular complexity index is 266. The highest BCUT2D eigenvalue weighted by Crippen LogP contribution is 2.50. The van der Waals surface area contributed by atoms with Crippen molar-refractivity contribution < 1.29 is 40.0 Å². The van der Waals surface area contributed by atoms with Gasteiger partial charge in [0.2, 0.25) is 0 Å². The molecule has 0 aliphatic rings. The molecule has 0 bridgehead atoms. The van der Waals surface area contributed by atoms with Crippen LogP contribution in [0.25, 0.3) is 0 Å². The minimum absolute atomic E-state index is 0.146. The molecule has 0 aromatic rings. The van der Waals surface area contributed by atoms with E-state index in [9.17, 15) is 30.9 Å². The van der Waals surface area contributed by atoms with Crippen LogP contribution in [0.2, 0.25) is 0 Å². The molecule has 110 valence electrons. The average Bonchev–Trinajstić information content (AvgIpc) is 2.19. The van der Waals surface area contributed by atoms with E-state index in [4.69, 9.17) is 0 Å². The van der Waals surface area contributed by atoms with Crippen molar-refractivity contribution in [3.05, 3.63) is 0 Å². The highest BCUT2D eigenvalue weighted by atomic mass is 31.2. The van der Waals surface area contributed by atoms with Crippen molar-refractivity contribution in [2.75, 3.05) is 19.4 Å². The third-order valence-corrected chi connectivity index (χ3v) is 3.54. The number of rotatable bonds is 7. The van der Waals surface area contributed by atoms with Crippen molar-refractivity contribution >= 4 is 7.60 Å². The highest BCUT2D eigenvalue weighted by Gasteiger charge is 2.37. The highest BCUT2D eigenvalue weighted by molar-refractivity contribution is 7.53. The second kappa shape index (κ2) is 6.77. The van der Waals surface area contributed by atoms with Crippen LogP contribution in [0, 0.1) is 0 Å². The predicted octanol–water partition coefficient (Wildman–Crippen LogP) is 4.14. The maximum atomic E-state index is 11.9. The number of alkyl halides is 6. The first-order chi connectivity index (χ1) is 7.97. The van der Waals surface area contributed by atoms with Crippen molar-refractivity contribution in [1.29, 1.82) is 0 Å². The summed E-state index contributed by atoms with van der Waals surface area (Å²) in [6, 6.07) is 0. The molecule has 0 amide bonds. The molecule has 0 unspecified atom stereocenters. The molecule has 0 aromatic heterocycles. The van der Waals surface area contributed by atoms with Gasteiger partial charge in [0.05, 0.1) is 6.16 Å². The van der Waals surface area contributed by atoms with Gasteiger partial charge in [0.25, 0.3) is 0 Å². The molecule has 3 nitrogen and oxygen atoms in total. The molecule has 0 saturated carbocycles. The Morgan fingerprint density at radius 2 is 1.33 bits per heavy atom. The molecule has 0 N–H and O–H groups in total. The van der Waals surface area contributed by atoms with Gasteiger partial charge < -0.3 is 0 Å². The van der Waals surface area contributed by atoms with Crippen LogP contribution < -0.4 is 0 Å². The second-order valence-corrected chi connectivity index (χ2v) is 5.65. The maximum absolute atomic E-state index is 11.9. The molecule has 0 spiro atoms. The lowest BCUT2D eigenvalue weighted by atomic mass is 10.4. The standard InChI is InChI=1S/C8H13F6O3P/c1-2-3-4-18(15,16-5-7(9,10)11)17-6-8(12,13)14/h2-6H2,1H3. The van der Waals surface area contributed by atoms with E-state index in [-0.39, 0.29) is 6.42 Å². The van der Waals surface area contributed by atoms with Gasteiger partial charge in [0.1, 0.15) is 0 Å². The Morgan fingerprint density at radius 3 is 1.61 bits per heavy atom. The summed E-state index contributed by atoms with van der Waals surface area (Å²) in [5.74, 6) is 0. The lowest BCUT2D eigenvalue weighted by Gasteiger charge is -2.20. The summed E-state index contributed by atoms with van der Waals surface area (Å²) in [7, 11) is -4.37. The zero-order chi connectivity index (χ0) is 14.4. The fourth-order valence-electron chi connectivity index (χ4n) is 0.861. The van der Waals surface area contributed by atoms with E-state index >= 15 is 0 Å². The summed E-state index contributed by atoms with van der Waals surface area (Å²) in [6.45, 7) is -2.16. The predicted molar refractivity (Wildman–Crippen MR) is 51.4 cm³/mol. The van der Waals surface area contributed by atoms with E-state index in [1.54, 1.807) is 6.92 Å². The summed E-state index contributed by atoms with van der Waals surface area (Å²) in [4.78, 5) is 0. The van der Waals surface area contributed by atoms with Crippen molar-refractivity contribution in [1.82, 2.24) is 0 Å². The number of unbranched alkanes of at least 4 members (excludes halogenated alkanes) is 1. The lowest BCUT2D eigenvalue weighted by molar-refractivity contribution is -0.165. The summed E-state index contributed by atoms with van der Waals surface area (Å²) in [6.07, 6.45) is -9.44. The van der Waals surface area contributed by atoms with Crippen molar-refractivity contribution in [3.8, 4) is 0 Å². The van der Waals surface area contributed by atoms with Gasteiger partial charge >= 0.3 is 19.9 Å². The van der Waals surface area contributed by atoms with Gasteiger partial charge in [-0.15, -0.1) is 0 Å². The molecule has 0 heterocycles. The molecule has 0 aromatic carbocycles. The monoisotopic (exact) mass is 302 g/mol. The van der Waals surface area contributed by atoms with Crippen molar-refractivity contribution in [2.24, 2.45) is 0 Å². The Labute approximate surface area is 100.0 Å². The molecular formula is C8H13F6O3P. The maximum Gasteiger partial charge on any atom is 0.412 e. The molecule has 0 aliphatic carbocycles. The third kappa shape index (κ3) is 9.73. The molecule has 0 rings (SSSR count). The van der Waals surface area contributed by atoms with Gasteiger partial charge in [-0.3, -0.25) is 13.6 Å². The average molecular weight is 302 g/mol. The molecule has 10 heteroatoms. The van der Waals surface area contributed by atoms with E-state index in [1.165, 1.54) is 0 Å². The van der Waals surface area contributed by atoms with Crippen LogP contribution in [0.5, 0.6) is 0 Å². The number of hydrogen-bond donors (Lipinski definition) is 0. The molecular weight excluding hydrogens is 289 g/mol. The summed E-state index contributed by atoms with van der Waals surface area (Å²) < 4.78 is 90.8. The summed E-state index contributed by atoms with van der Waals surface area (Å²) in [5, 5.41) is 0. The summed E-state index contributed by atoms with van der Waals surface area (Å²) >= 11 is 0. The Kier molecular flexibility index (Phi) is 6.67. The summed E-state index contributed by atoms with van der Waals surface area (Å²) in [5.41, 5.74) is 0. The van der Waals surface area contributed by atoms with Crippen LogP contribution in [0.15, 0.2) is 0 Å². The number of hydrogen-bond acceptors (Lipinski definition) is 3. The topological polar surface area (TPSA) is 35.5 Å². The SMILES string of the molecule is CCCCP(=O)(OCC(F)(F)F)OCC(F)(F)F. The van der Waals surface area contributed by atoms with Crippen molar-refractivity contribution in [2.45, 2.75) is 32.1 Å². The van der Waals surface area contributed by atoms with Gasteiger partial charge in [0, 0.05) is 0 Å². The van der Waals surface area contributed by atoms with E-state index in [0.717, 1.165) is 0 Å². The van der Waals surface area contributed by atoms with Crippen LogP contribution in [-0.2, 0) is 13.6 Å². The van der Waals surface area contributed by atoms with Crippen LogP contribution in [-0.4, -0.2) is 31.7 Å². The number of halogens is 6. The van der Waals surface area contributed by atoms with Gasteiger partial charge in [-0.05, 0) is 6.42 Å². The Hall–Kier alpha value is -0.270. The smallest absolute Gasteiger partial charge is 0.299 e. The largest absolute Gasteiger partial charge is 0.412 e.